The Bertz CT molecular complexity index is 1570. The van der Waals surface area contributed by atoms with Gasteiger partial charge in [-0.3, -0.25) is 14.6 Å². The molecule has 0 N–H and O–H groups in total. The molecule has 0 radical (unpaired) electrons. The van der Waals surface area contributed by atoms with Crippen LogP contribution < -0.4 is 0 Å². The third-order valence-corrected chi connectivity index (χ3v) is 7.79. The molecule has 2 amide bonds. The van der Waals surface area contributed by atoms with Gasteiger partial charge in [0.2, 0.25) is 0 Å². The first kappa shape index (κ1) is 31.6. The van der Waals surface area contributed by atoms with Crippen molar-refractivity contribution in [1.82, 2.24) is 14.8 Å². The van der Waals surface area contributed by atoms with Crippen LogP contribution in [-0.2, 0) is 26.2 Å². The van der Waals surface area contributed by atoms with Crippen molar-refractivity contribution in [3.05, 3.63) is 169 Å². The highest BCUT2D eigenvalue weighted by molar-refractivity contribution is 6.31. The maximum Gasteiger partial charge on any atom is 0.273 e. The van der Waals surface area contributed by atoms with E-state index in [0.717, 1.165) is 22.3 Å². The molecule has 5 rings (SSSR count). The first-order valence-corrected chi connectivity index (χ1v) is 15.3. The Hall–Kier alpha value is -3.87. The summed E-state index contributed by atoms with van der Waals surface area (Å²) in [5, 5.41) is 2.30. The van der Waals surface area contributed by atoms with Crippen LogP contribution in [0.3, 0.4) is 0 Å². The average Bonchev–Trinajstić information content (AvgIpc) is 3.00. The van der Waals surface area contributed by atoms with Gasteiger partial charge in [0.1, 0.15) is 5.69 Å². The molecule has 0 bridgehead atoms. The third-order valence-electron chi connectivity index (χ3n) is 6.85. The van der Waals surface area contributed by atoms with E-state index in [1.54, 1.807) is 40.1 Å². The second-order valence-electron chi connectivity index (χ2n) is 10.3. The molecule has 0 aliphatic rings. The molecule has 1 heterocycles. The minimum atomic E-state index is -0.337. The van der Waals surface area contributed by atoms with E-state index in [1.807, 2.05) is 72.8 Å². The molecule has 0 saturated heterocycles. The number of hydrogen-bond donors (Lipinski definition) is 0. The largest absolute Gasteiger partial charge is 0.330 e. The topological polar surface area (TPSA) is 53.5 Å². The number of amides is 2. The molecule has 0 saturated carbocycles. The van der Waals surface area contributed by atoms with E-state index in [4.69, 9.17) is 46.4 Å². The minimum Gasteiger partial charge on any atom is -0.330 e. The standard InChI is InChI=1S/C35H27Cl4N3O2/c36-29-9-1-5-24(15-29)20-41(21-25-6-2-10-30(37)16-25)34(43)28-13-14-40-33(19-28)35(44)42(22-26-7-3-11-31(38)17-26)23-27-8-4-12-32(39)18-27/h1-19H,20-23H2. The van der Waals surface area contributed by atoms with Crippen LogP contribution in [0.25, 0.3) is 0 Å². The predicted molar refractivity (Wildman–Crippen MR) is 177 cm³/mol. The van der Waals surface area contributed by atoms with Gasteiger partial charge in [-0.05, 0) is 82.9 Å². The van der Waals surface area contributed by atoms with Crippen LogP contribution in [0.4, 0.5) is 0 Å². The van der Waals surface area contributed by atoms with Crippen molar-refractivity contribution in [1.29, 1.82) is 0 Å². The Balaban J connectivity index is 1.45. The molecule has 0 fully saturated rings. The van der Waals surface area contributed by atoms with Gasteiger partial charge < -0.3 is 9.80 Å². The van der Waals surface area contributed by atoms with Crippen molar-refractivity contribution in [2.24, 2.45) is 0 Å². The van der Waals surface area contributed by atoms with Crippen molar-refractivity contribution in [2.45, 2.75) is 26.2 Å². The van der Waals surface area contributed by atoms with Crippen LogP contribution in [0.2, 0.25) is 20.1 Å². The molecule has 222 valence electrons. The fraction of sp³-hybridized carbons (Fsp3) is 0.114. The molecule has 0 unspecified atom stereocenters. The van der Waals surface area contributed by atoms with Crippen LogP contribution in [0.5, 0.6) is 0 Å². The lowest BCUT2D eigenvalue weighted by Crippen LogP contribution is -2.32. The van der Waals surface area contributed by atoms with Crippen LogP contribution in [-0.4, -0.2) is 26.6 Å². The van der Waals surface area contributed by atoms with Crippen molar-refractivity contribution in [3.63, 3.8) is 0 Å². The summed E-state index contributed by atoms with van der Waals surface area (Å²) in [6, 6.07) is 32.6. The van der Waals surface area contributed by atoms with Gasteiger partial charge in [0.15, 0.2) is 0 Å². The van der Waals surface area contributed by atoms with Gasteiger partial charge in [0.25, 0.3) is 11.8 Å². The molecule has 1 aromatic heterocycles. The summed E-state index contributed by atoms with van der Waals surface area (Å²) in [5.74, 6) is -0.603. The average molecular weight is 663 g/mol. The van der Waals surface area contributed by atoms with Crippen molar-refractivity contribution >= 4 is 58.2 Å². The molecule has 0 atom stereocenters. The number of aromatic nitrogens is 1. The molecular weight excluding hydrogens is 636 g/mol. The molecule has 4 aromatic carbocycles. The summed E-state index contributed by atoms with van der Waals surface area (Å²) >= 11 is 24.9. The molecular formula is C35H27Cl4N3O2. The highest BCUT2D eigenvalue weighted by atomic mass is 35.5. The highest BCUT2D eigenvalue weighted by Crippen LogP contribution is 2.22. The zero-order chi connectivity index (χ0) is 31.1. The lowest BCUT2D eigenvalue weighted by Gasteiger charge is -2.25. The minimum absolute atomic E-state index is 0.144. The number of hydrogen-bond acceptors (Lipinski definition) is 3. The maximum atomic E-state index is 14.0. The lowest BCUT2D eigenvalue weighted by atomic mass is 10.1. The van der Waals surface area contributed by atoms with Gasteiger partial charge in [0.05, 0.1) is 0 Å². The first-order valence-electron chi connectivity index (χ1n) is 13.8. The Morgan fingerprint density at radius 3 is 1.23 bits per heavy atom. The van der Waals surface area contributed by atoms with Crippen LogP contribution >= 0.6 is 46.4 Å². The van der Waals surface area contributed by atoms with E-state index < -0.39 is 0 Å². The predicted octanol–water partition coefficient (Wildman–Crippen LogP) is 9.38. The molecule has 9 heteroatoms. The smallest absolute Gasteiger partial charge is 0.273 e. The van der Waals surface area contributed by atoms with Gasteiger partial charge in [-0.25, -0.2) is 0 Å². The summed E-state index contributed by atoms with van der Waals surface area (Å²) in [7, 11) is 0. The molecule has 0 spiro atoms. The number of pyridine rings is 1. The summed E-state index contributed by atoms with van der Waals surface area (Å²) in [6.45, 7) is 1.16. The highest BCUT2D eigenvalue weighted by Gasteiger charge is 2.23. The zero-order valence-electron chi connectivity index (χ0n) is 23.5. The van der Waals surface area contributed by atoms with E-state index in [-0.39, 0.29) is 30.6 Å². The third kappa shape index (κ3) is 8.61. The van der Waals surface area contributed by atoms with Crippen molar-refractivity contribution < 1.29 is 9.59 Å². The Morgan fingerprint density at radius 1 is 0.500 bits per heavy atom. The number of halogens is 4. The van der Waals surface area contributed by atoms with Gasteiger partial charge in [-0.1, -0.05) is 94.9 Å². The summed E-state index contributed by atoms with van der Waals surface area (Å²) in [6.07, 6.45) is 1.48. The molecule has 0 aliphatic carbocycles. The number of nitrogens with zero attached hydrogens (tertiary/aromatic N) is 3. The maximum absolute atomic E-state index is 14.0. The normalized spacial score (nSPS) is 10.8. The van der Waals surface area contributed by atoms with Crippen molar-refractivity contribution in [3.8, 4) is 0 Å². The van der Waals surface area contributed by atoms with E-state index in [9.17, 15) is 9.59 Å². The fourth-order valence-electron chi connectivity index (χ4n) is 4.85. The van der Waals surface area contributed by atoms with E-state index in [2.05, 4.69) is 4.98 Å². The summed E-state index contributed by atoms with van der Waals surface area (Å²) < 4.78 is 0. The number of benzene rings is 4. The summed E-state index contributed by atoms with van der Waals surface area (Å²) in [5.41, 5.74) is 3.92. The van der Waals surface area contributed by atoms with Crippen LogP contribution in [0.1, 0.15) is 43.1 Å². The van der Waals surface area contributed by atoms with E-state index in [1.165, 1.54) is 12.3 Å². The van der Waals surface area contributed by atoms with Gasteiger partial charge >= 0.3 is 0 Å². The number of carbonyl (C=O) groups excluding carboxylic acids is 2. The fourth-order valence-corrected chi connectivity index (χ4v) is 5.70. The number of carbonyl (C=O) groups is 2. The Kier molecular flexibility index (Phi) is 10.6. The summed E-state index contributed by atoms with van der Waals surface area (Å²) in [4.78, 5) is 35.7. The van der Waals surface area contributed by atoms with Crippen molar-refractivity contribution in [2.75, 3.05) is 0 Å². The van der Waals surface area contributed by atoms with Gasteiger partial charge in [-0.15, -0.1) is 0 Å². The molecule has 5 nitrogen and oxygen atoms in total. The van der Waals surface area contributed by atoms with Crippen LogP contribution in [0, 0.1) is 0 Å². The monoisotopic (exact) mass is 661 g/mol. The van der Waals surface area contributed by atoms with E-state index in [0.29, 0.717) is 38.7 Å². The first-order chi connectivity index (χ1) is 21.2. The number of rotatable bonds is 10. The van der Waals surface area contributed by atoms with Gasteiger partial charge in [0, 0.05) is 58.0 Å². The second-order valence-corrected chi connectivity index (χ2v) is 12.0. The molecule has 5 aromatic rings. The quantitative estimate of drug-likeness (QED) is 0.150. The Morgan fingerprint density at radius 2 is 0.864 bits per heavy atom. The van der Waals surface area contributed by atoms with Crippen LogP contribution in [0.15, 0.2) is 115 Å². The SMILES string of the molecule is O=C(c1ccnc(C(=O)N(Cc2cccc(Cl)c2)Cc2cccc(Cl)c2)c1)N(Cc1cccc(Cl)c1)Cc1cccc(Cl)c1. The zero-order valence-corrected chi connectivity index (χ0v) is 26.5. The second kappa shape index (κ2) is 14.7. The van der Waals surface area contributed by atoms with Gasteiger partial charge in [-0.2, -0.15) is 0 Å². The Labute approximate surface area is 276 Å². The lowest BCUT2D eigenvalue weighted by molar-refractivity contribution is 0.0722. The molecule has 44 heavy (non-hydrogen) atoms. The van der Waals surface area contributed by atoms with E-state index >= 15 is 0 Å². The molecule has 0 aliphatic heterocycles.